The second-order valence-electron chi connectivity index (χ2n) is 5.23. The van der Waals surface area contributed by atoms with Gasteiger partial charge in [-0.2, -0.15) is 0 Å². The van der Waals surface area contributed by atoms with Crippen LogP contribution in [0.1, 0.15) is 11.8 Å². The number of carbonyl (C=O) groups excluding carboxylic acids is 1. The van der Waals surface area contributed by atoms with Crippen LogP contribution in [0.2, 0.25) is 0 Å². The lowest BCUT2D eigenvalue weighted by Crippen LogP contribution is -2.50. The molecule has 22 heavy (non-hydrogen) atoms. The smallest absolute Gasteiger partial charge is 0.409 e. The Balaban J connectivity index is 1.60. The van der Waals surface area contributed by atoms with Crippen LogP contribution in [-0.4, -0.2) is 73.0 Å². The maximum Gasteiger partial charge on any atom is 0.409 e. The molecule has 1 aliphatic rings. The summed E-state index contributed by atoms with van der Waals surface area (Å²) in [7, 11) is 0. The van der Waals surface area contributed by atoms with Gasteiger partial charge in [0, 0.05) is 37.6 Å². The van der Waals surface area contributed by atoms with Crippen LogP contribution in [0.3, 0.4) is 0 Å². The summed E-state index contributed by atoms with van der Waals surface area (Å²) in [5.41, 5.74) is 0. The molecule has 124 valence electrons. The monoisotopic (exact) mass is 328 g/mol. The van der Waals surface area contributed by atoms with Crippen LogP contribution in [0.25, 0.3) is 0 Å². The Bertz CT molecular complexity index is 433. The highest BCUT2D eigenvalue weighted by Gasteiger charge is 2.23. The van der Waals surface area contributed by atoms with E-state index in [0.717, 1.165) is 18.0 Å². The molecule has 0 aliphatic carbocycles. The van der Waals surface area contributed by atoms with E-state index in [1.165, 1.54) is 0 Å². The van der Waals surface area contributed by atoms with Crippen molar-refractivity contribution in [3.63, 3.8) is 0 Å². The van der Waals surface area contributed by atoms with Crippen LogP contribution in [-0.2, 0) is 16.1 Å². The van der Waals surface area contributed by atoms with Gasteiger partial charge in [-0.05, 0) is 18.4 Å². The van der Waals surface area contributed by atoms with Gasteiger partial charge in [0.25, 0.3) is 0 Å². The van der Waals surface area contributed by atoms with E-state index in [-0.39, 0.29) is 6.09 Å². The maximum atomic E-state index is 11.6. The van der Waals surface area contributed by atoms with Crippen molar-refractivity contribution in [2.24, 2.45) is 0 Å². The topological polar surface area (TPSA) is 62.2 Å². The molecular formula is C15H24N2O4S. The Morgan fingerprint density at radius 3 is 2.82 bits per heavy atom. The van der Waals surface area contributed by atoms with Gasteiger partial charge >= 0.3 is 6.09 Å². The number of amides is 1. The molecule has 1 aromatic rings. The summed E-state index contributed by atoms with van der Waals surface area (Å²) in [5.74, 6) is 0. The van der Waals surface area contributed by atoms with Crippen molar-refractivity contribution in [1.29, 1.82) is 0 Å². The lowest BCUT2D eigenvalue weighted by Gasteiger charge is -2.34. The molecule has 2 rings (SSSR count). The van der Waals surface area contributed by atoms with Crippen molar-refractivity contribution in [2.45, 2.75) is 19.6 Å². The Hall–Kier alpha value is -1.15. The summed E-state index contributed by atoms with van der Waals surface area (Å²) in [4.78, 5) is 16.6. The highest BCUT2D eigenvalue weighted by Crippen LogP contribution is 2.10. The van der Waals surface area contributed by atoms with Gasteiger partial charge < -0.3 is 19.5 Å². The van der Waals surface area contributed by atoms with Crippen molar-refractivity contribution in [3.05, 3.63) is 22.4 Å². The summed E-state index contributed by atoms with van der Waals surface area (Å²) in [6.45, 7) is 6.44. The zero-order valence-electron chi connectivity index (χ0n) is 12.9. The summed E-state index contributed by atoms with van der Waals surface area (Å²) in [6.07, 6.45) is -0.754. The first-order chi connectivity index (χ1) is 10.7. The van der Waals surface area contributed by atoms with Crippen molar-refractivity contribution in [2.75, 3.05) is 45.9 Å². The number of β-amino-alcohol motifs (C(OH)–C–C–N with tert-alkyl or cyclic N) is 1. The molecule has 0 unspecified atom stereocenters. The molecule has 7 heteroatoms. The Morgan fingerprint density at radius 2 is 2.18 bits per heavy atom. The van der Waals surface area contributed by atoms with Gasteiger partial charge in [-0.3, -0.25) is 4.90 Å². The molecule has 1 amide bonds. The molecule has 1 aromatic heterocycles. The van der Waals surface area contributed by atoms with Gasteiger partial charge in [0.15, 0.2) is 0 Å². The van der Waals surface area contributed by atoms with Crippen molar-refractivity contribution < 1.29 is 19.4 Å². The van der Waals surface area contributed by atoms with Crippen molar-refractivity contribution in [3.8, 4) is 0 Å². The predicted molar refractivity (Wildman–Crippen MR) is 85.0 cm³/mol. The van der Waals surface area contributed by atoms with Crippen LogP contribution in [0.4, 0.5) is 4.79 Å². The summed E-state index contributed by atoms with van der Waals surface area (Å²) in [5, 5.41) is 12.0. The second-order valence-corrected chi connectivity index (χ2v) is 6.27. The van der Waals surface area contributed by atoms with Crippen LogP contribution in [0.15, 0.2) is 17.5 Å². The zero-order chi connectivity index (χ0) is 15.8. The molecule has 0 saturated carbocycles. The quantitative estimate of drug-likeness (QED) is 0.820. The summed E-state index contributed by atoms with van der Waals surface area (Å²) >= 11 is 1.65. The molecule has 1 N–H and O–H groups in total. The summed E-state index contributed by atoms with van der Waals surface area (Å²) in [6, 6.07) is 4.01. The van der Waals surface area contributed by atoms with Crippen LogP contribution in [0, 0.1) is 0 Å². The minimum absolute atomic E-state index is 0.248. The first-order valence-electron chi connectivity index (χ1n) is 7.61. The number of hydrogen-bond donors (Lipinski definition) is 1. The first-order valence-corrected chi connectivity index (χ1v) is 8.49. The second kappa shape index (κ2) is 9.09. The van der Waals surface area contributed by atoms with Gasteiger partial charge in [0.2, 0.25) is 0 Å². The van der Waals surface area contributed by atoms with E-state index in [2.05, 4.69) is 4.90 Å². The lowest BCUT2D eigenvalue weighted by molar-refractivity contribution is 0.00183. The third kappa shape index (κ3) is 5.57. The Kier molecular flexibility index (Phi) is 7.11. The van der Waals surface area contributed by atoms with Crippen molar-refractivity contribution >= 4 is 17.4 Å². The largest absolute Gasteiger partial charge is 0.450 e. The number of ether oxygens (including phenoxy) is 2. The summed E-state index contributed by atoms with van der Waals surface area (Å²) < 4.78 is 10.5. The number of aliphatic hydroxyl groups is 1. The predicted octanol–water partition coefficient (Wildman–Crippen LogP) is 1.40. The normalized spacial score (nSPS) is 17.5. The fourth-order valence-electron chi connectivity index (χ4n) is 2.37. The van der Waals surface area contributed by atoms with E-state index in [4.69, 9.17) is 9.47 Å². The van der Waals surface area contributed by atoms with Crippen molar-refractivity contribution in [1.82, 2.24) is 9.80 Å². The van der Waals surface area contributed by atoms with E-state index in [1.54, 1.807) is 23.2 Å². The van der Waals surface area contributed by atoms with Crippen LogP contribution >= 0.6 is 11.3 Å². The van der Waals surface area contributed by atoms with E-state index < -0.39 is 6.10 Å². The zero-order valence-corrected chi connectivity index (χ0v) is 13.8. The Labute approximate surface area is 135 Å². The molecular weight excluding hydrogens is 304 g/mol. The molecule has 2 heterocycles. The molecule has 0 aromatic carbocycles. The van der Waals surface area contributed by atoms with Crippen LogP contribution in [0.5, 0.6) is 0 Å². The van der Waals surface area contributed by atoms with E-state index in [9.17, 15) is 9.90 Å². The van der Waals surface area contributed by atoms with Gasteiger partial charge in [0.1, 0.15) is 0 Å². The third-order valence-corrected chi connectivity index (χ3v) is 4.35. The average Bonchev–Trinajstić information content (AvgIpc) is 3.01. The van der Waals surface area contributed by atoms with Gasteiger partial charge in [0.05, 0.1) is 25.9 Å². The SMILES string of the molecule is CCOC(=O)N1CCN(C[C@@H](O)COCc2cccs2)CC1. The van der Waals surface area contributed by atoms with E-state index in [0.29, 0.717) is 39.5 Å². The minimum atomic E-state index is -0.505. The standard InChI is InChI=1S/C15H24N2O4S/c1-2-21-15(19)17-7-5-16(6-8-17)10-13(18)11-20-12-14-4-3-9-22-14/h3-4,9,13,18H,2,5-8,10-12H2,1H3/t13-/m1/s1. The van der Waals surface area contributed by atoms with Crippen LogP contribution < -0.4 is 0 Å². The number of piperazine rings is 1. The molecule has 1 saturated heterocycles. The molecule has 1 atom stereocenters. The molecule has 0 bridgehead atoms. The third-order valence-electron chi connectivity index (χ3n) is 3.50. The highest BCUT2D eigenvalue weighted by molar-refractivity contribution is 7.09. The molecule has 1 fully saturated rings. The lowest BCUT2D eigenvalue weighted by atomic mass is 10.3. The number of rotatable bonds is 7. The van der Waals surface area contributed by atoms with E-state index >= 15 is 0 Å². The average molecular weight is 328 g/mol. The fraction of sp³-hybridized carbons (Fsp3) is 0.667. The van der Waals surface area contributed by atoms with E-state index in [1.807, 2.05) is 17.5 Å². The number of carbonyl (C=O) groups is 1. The van der Waals surface area contributed by atoms with Gasteiger partial charge in [-0.15, -0.1) is 11.3 Å². The number of nitrogens with zero attached hydrogens (tertiary/aromatic N) is 2. The Morgan fingerprint density at radius 1 is 1.41 bits per heavy atom. The number of thiophene rings is 1. The first kappa shape index (κ1) is 17.2. The molecule has 6 nitrogen and oxygen atoms in total. The number of aliphatic hydroxyl groups excluding tert-OH is 1. The van der Waals surface area contributed by atoms with Gasteiger partial charge in [-0.25, -0.2) is 4.79 Å². The minimum Gasteiger partial charge on any atom is -0.450 e. The molecule has 0 spiro atoms. The number of hydrogen-bond acceptors (Lipinski definition) is 6. The fourth-order valence-corrected chi connectivity index (χ4v) is 3.01. The molecule has 0 radical (unpaired) electrons. The maximum absolute atomic E-state index is 11.6. The van der Waals surface area contributed by atoms with Gasteiger partial charge in [-0.1, -0.05) is 6.07 Å². The molecule has 1 aliphatic heterocycles. The highest BCUT2D eigenvalue weighted by atomic mass is 32.1.